The van der Waals surface area contributed by atoms with Crippen molar-refractivity contribution in [2.75, 3.05) is 0 Å². The highest BCUT2D eigenvalue weighted by atomic mass is 127. The molecule has 1 aliphatic heterocycles. The fraction of sp³-hybridized carbons (Fsp3) is 0.300. The van der Waals surface area contributed by atoms with Gasteiger partial charge < -0.3 is 5.73 Å². The Bertz CT molecular complexity index is 333. The van der Waals surface area contributed by atoms with Gasteiger partial charge in [0.1, 0.15) is 5.84 Å². The first-order valence-electron chi connectivity index (χ1n) is 4.19. The van der Waals surface area contributed by atoms with Gasteiger partial charge in [0.2, 0.25) is 0 Å². The van der Waals surface area contributed by atoms with E-state index in [0.717, 1.165) is 12.0 Å². The van der Waals surface area contributed by atoms with Crippen molar-refractivity contribution in [3.8, 4) is 0 Å². The molecule has 0 radical (unpaired) electrons. The van der Waals surface area contributed by atoms with Crippen molar-refractivity contribution >= 4 is 29.8 Å². The van der Waals surface area contributed by atoms with Crippen LogP contribution in [0.2, 0.25) is 0 Å². The van der Waals surface area contributed by atoms with Gasteiger partial charge in [0.05, 0.1) is 6.04 Å². The second kappa shape index (κ2) is 4.09. The lowest BCUT2D eigenvalue weighted by atomic mass is 9.97. The monoisotopic (exact) mass is 288 g/mol. The highest BCUT2D eigenvalue weighted by Crippen LogP contribution is 2.17. The molecule has 0 aromatic heterocycles. The van der Waals surface area contributed by atoms with Crippen LogP contribution in [0.4, 0.5) is 0 Å². The minimum Gasteiger partial charge on any atom is -0.383 e. The van der Waals surface area contributed by atoms with E-state index in [-0.39, 0.29) is 24.0 Å². The number of benzene rings is 1. The van der Waals surface area contributed by atoms with E-state index in [9.17, 15) is 0 Å². The first-order chi connectivity index (χ1) is 5.77. The summed E-state index contributed by atoms with van der Waals surface area (Å²) in [7, 11) is 0. The van der Waals surface area contributed by atoms with Crippen LogP contribution < -0.4 is 5.73 Å². The standard InChI is InChI=1S/C10H12N2.HI/c1-7-6-8-4-2-3-5-9(8)10(11)12-7;/h2-5,7H,6H2,1H3,(H2,11,12);1H. The summed E-state index contributed by atoms with van der Waals surface area (Å²) in [5.41, 5.74) is 8.21. The number of hydrogen-bond acceptors (Lipinski definition) is 2. The molecule has 13 heavy (non-hydrogen) atoms. The first kappa shape index (κ1) is 10.5. The van der Waals surface area contributed by atoms with Crippen LogP contribution in [0.25, 0.3) is 0 Å². The Labute approximate surface area is 95.3 Å². The van der Waals surface area contributed by atoms with E-state index in [1.165, 1.54) is 5.56 Å². The second-order valence-corrected chi connectivity index (χ2v) is 3.22. The Morgan fingerprint density at radius 1 is 1.38 bits per heavy atom. The molecule has 0 bridgehead atoms. The highest BCUT2D eigenvalue weighted by Gasteiger charge is 2.14. The van der Waals surface area contributed by atoms with Crippen LogP contribution in [0.3, 0.4) is 0 Å². The molecule has 0 spiro atoms. The predicted molar refractivity (Wildman–Crippen MR) is 65.7 cm³/mol. The van der Waals surface area contributed by atoms with Crippen LogP contribution in [-0.4, -0.2) is 11.9 Å². The molecular weight excluding hydrogens is 275 g/mol. The largest absolute Gasteiger partial charge is 0.383 e. The van der Waals surface area contributed by atoms with Crippen molar-refractivity contribution in [2.24, 2.45) is 10.7 Å². The summed E-state index contributed by atoms with van der Waals surface area (Å²) in [5, 5.41) is 0. The van der Waals surface area contributed by atoms with Gasteiger partial charge in [-0.2, -0.15) is 0 Å². The van der Waals surface area contributed by atoms with Crippen LogP contribution >= 0.6 is 24.0 Å². The Morgan fingerprint density at radius 2 is 2.08 bits per heavy atom. The van der Waals surface area contributed by atoms with Crippen molar-refractivity contribution in [3.05, 3.63) is 35.4 Å². The zero-order valence-electron chi connectivity index (χ0n) is 7.53. The normalized spacial score (nSPS) is 19.8. The van der Waals surface area contributed by atoms with Gasteiger partial charge >= 0.3 is 0 Å². The summed E-state index contributed by atoms with van der Waals surface area (Å²) >= 11 is 0. The second-order valence-electron chi connectivity index (χ2n) is 3.22. The maximum absolute atomic E-state index is 5.79. The number of halogens is 1. The Hall–Kier alpha value is -0.580. The van der Waals surface area contributed by atoms with E-state index in [1.54, 1.807) is 0 Å². The molecule has 1 unspecified atom stereocenters. The van der Waals surface area contributed by atoms with Crippen LogP contribution in [0.15, 0.2) is 29.3 Å². The molecule has 1 aromatic rings. The smallest absolute Gasteiger partial charge is 0.126 e. The molecule has 2 nitrogen and oxygen atoms in total. The van der Waals surface area contributed by atoms with Crippen molar-refractivity contribution < 1.29 is 0 Å². The van der Waals surface area contributed by atoms with Gasteiger partial charge in [-0.1, -0.05) is 24.3 Å². The average molecular weight is 288 g/mol. The molecule has 70 valence electrons. The quantitative estimate of drug-likeness (QED) is 0.728. The van der Waals surface area contributed by atoms with Crippen molar-refractivity contribution in [3.63, 3.8) is 0 Å². The molecule has 2 rings (SSSR count). The Balaban J connectivity index is 0.000000845. The molecule has 3 heteroatoms. The summed E-state index contributed by atoms with van der Waals surface area (Å²) in [6.07, 6.45) is 1.01. The Kier molecular flexibility index (Phi) is 3.30. The summed E-state index contributed by atoms with van der Waals surface area (Å²) in [6.45, 7) is 2.09. The van der Waals surface area contributed by atoms with Crippen molar-refractivity contribution in [1.82, 2.24) is 0 Å². The fourth-order valence-electron chi connectivity index (χ4n) is 1.62. The molecule has 0 aliphatic carbocycles. The van der Waals surface area contributed by atoms with Crippen molar-refractivity contribution in [2.45, 2.75) is 19.4 Å². The molecule has 1 aliphatic rings. The SMILES string of the molecule is CC1Cc2ccccc2C(N)=N1.I. The molecule has 0 saturated heterocycles. The maximum Gasteiger partial charge on any atom is 0.126 e. The minimum absolute atomic E-state index is 0. The molecule has 0 saturated carbocycles. The average Bonchev–Trinajstić information content (AvgIpc) is 2.04. The summed E-state index contributed by atoms with van der Waals surface area (Å²) in [5.74, 6) is 0.685. The summed E-state index contributed by atoms with van der Waals surface area (Å²) in [4.78, 5) is 4.32. The predicted octanol–water partition coefficient (Wildman–Crippen LogP) is 1.95. The molecular formula is C10H13IN2. The van der Waals surface area contributed by atoms with Gasteiger partial charge in [-0.25, -0.2) is 0 Å². The number of aliphatic imine (C=N–C) groups is 1. The van der Waals surface area contributed by atoms with Gasteiger partial charge in [-0.3, -0.25) is 4.99 Å². The molecule has 1 atom stereocenters. The lowest BCUT2D eigenvalue weighted by Gasteiger charge is -2.17. The van der Waals surface area contributed by atoms with Gasteiger partial charge in [0, 0.05) is 5.56 Å². The zero-order chi connectivity index (χ0) is 8.55. The van der Waals surface area contributed by atoms with Crippen LogP contribution in [0.5, 0.6) is 0 Å². The van der Waals surface area contributed by atoms with E-state index in [1.807, 2.05) is 18.2 Å². The van der Waals surface area contributed by atoms with E-state index in [0.29, 0.717) is 11.9 Å². The number of rotatable bonds is 0. The topological polar surface area (TPSA) is 38.4 Å². The Morgan fingerprint density at radius 3 is 2.85 bits per heavy atom. The lowest BCUT2D eigenvalue weighted by Crippen LogP contribution is -2.24. The fourth-order valence-corrected chi connectivity index (χ4v) is 1.62. The number of nitrogens with zero attached hydrogens (tertiary/aromatic N) is 1. The third-order valence-electron chi connectivity index (χ3n) is 2.17. The molecule has 0 amide bonds. The zero-order valence-corrected chi connectivity index (χ0v) is 9.86. The van der Waals surface area contributed by atoms with Crippen molar-refractivity contribution in [1.29, 1.82) is 0 Å². The molecule has 1 aromatic carbocycles. The van der Waals surface area contributed by atoms with Gasteiger partial charge in [-0.05, 0) is 18.9 Å². The molecule has 2 N–H and O–H groups in total. The minimum atomic E-state index is 0. The van der Waals surface area contributed by atoms with E-state index in [2.05, 4.69) is 18.0 Å². The van der Waals surface area contributed by atoms with Gasteiger partial charge in [0.15, 0.2) is 0 Å². The van der Waals surface area contributed by atoms with Crippen LogP contribution in [0.1, 0.15) is 18.1 Å². The number of fused-ring (bicyclic) bond motifs is 1. The van der Waals surface area contributed by atoms with Crippen LogP contribution in [0, 0.1) is 0 Å². The summed E-state index contributed by atoms with van der Waals surface area (Å²) in [6, 6.07) is 8.52. The van der Waals surface area contributed by atoms with Gasteiger partial charge in [-0.15, -0.1) is 24.0 Å². The number of hydrogen-bond donors (Lipinski definition) is 1. The molecule has 0 fully saturated rings. The summed E-state index contributed by atoms with van der Waals surface area (Å²) < 4.78 is 0. The third-order valence-corrected chi connectivity index (χ3v) is 2.17. The van der Waals surface area contributed by atoms with Crippen LogP contribution in [-0.2, 0) is 6.42 Å². The van der Waals surface area contributed by atoms with E-state index in [4.69, 9.17) is 5.73 Å². The first-order valence-corrected chi connectivity index (χ1v) is 4.19. The highest BCUT2D eigenvalue weighted by molar-refractivity contribution is 14.0. The van der Waals surface area contributed by atoms with E-state index >= 15 is 0 Å². The number of amidine groups is 1. The van der Waals surface area contributed by atoms with Gasteiger partial charge in [0.25, 0.3) is 0 Å². The van der Waals surface area contributed by atoms with E-state index < -0.39 is 0 Å². The maximum atomic E-state index is 5.79. The number of nitrogens with two attached hydrogens (primary N) is 1. The third kappa shape index (κ3) is 2.02. The lowest BCUT2D eigenvalue weighted by molar-refractivity contribution is 0.725. The molecule has 1 heterocycles.